The zero-order chi connectivity index (χ0) is 52.1. The van der Waals surface area contributed by atoms with Crippen LogP contribution in [-0.2, 0) is 40.0 Å². The molecule has 6 unspecified atom stereocenters. The van der Waals surface area contributed by atoms with Crippen molar-refractivity contribution < 1.29 is 38.5 Å². The number of aliphatic hydroxyl groups excluding tert-OH is 1. The van der Waals surface area contributed by atoms with Gasteiger partial charge in [0.25, 0.3) is 0 Å². The van der Waals surface area contributed by atoms with E-state index in [9.17, 15) is 34.8 Å². The number of carbonyl (C=O) groups excluding carboxylic acids is 4. The maximum Gasteiger partial charge on any atom is 0.307 e. The molecule has 1 N–H and O–H groups in total. The highest BCUT2D eigenvalue weighted by Gasteiger charge is 2.45. The number of thiazole rings is 2. The Balaban J connectivity index is 1.56. The fourth-order valence-corrected chi connectivity index (χ4v) is 11.0. The largest absolute Gasteiger partial charge is 0.457 e. The minimum absolute atomic E-state index is 0.0282. The zero-order valence-electron chi connectivity index (χ0n) is 43.9. The number of allylic oxidation sites excluding steroid dienone is 2. The molecule has 10 atom stereocenters. The number of aromatic nitrogens is 2. The van der Waals surface area contributed by atoms with E-state index in [0.29, 0.717) is 23.5 Å². The van der Waals surface area contributed by atoms with Gasteiger partial charge in [-0.2, -0.15) is 10.5 Å². The maximum absolute atomic E-state index is 14.5. The molecule has 2 aromatic heterocycles. The second-order valence-electron chi connectivity index (χ2n) is 21.3. The number of aliphatic hydroxyl groups is 1. The summed E-state index contributed by atoms with van der Waals surface area (Å²) in [4.78, 5) is 64.9. The van der Waals surface area contributed by atoms with Crippen LogP contribution in [0.1, 0.15) is 169 Å². The Hall–Kier alpha value is -4.60. The molecule has 2 aliphatic heterocycles. The van der Waals surface area contributed by atoms with Crippen LogP contribution in [0.4, 0.5) is 0 Å². The predicted molar refractivity (Wildman–Crippen MR) is 277 cm³/mol. The summed E-state index contributed by atoms with van der Waals surface area (Å²) in [5.74, 6) is -4.89. The Kier molecular flexibility index (Phi) is 21.7. The van der Waals surface area contributed by atoms with Gasteiger partial charge in [-0.05, 0) is 108 Å². The summed E-state index contributed by atoms with van der Waals surface area (Å²) < 4.78 is 18.8. The second kappa shape index (κ2) is 26.2. The molecular formula is C56H78N4O8S2. The number of ketones is 2. The molecule has 4 rings (SSSR count). The van der Waals surface area contributed by atoms with Crippen LogP contribution in [-0.4, -0.2) is 63.0 Å². The number of nitrogens with zero attached hydrogens (tertiary/aromatic N) is 4. The average Bonchev–Trinajstić information content (AvgIpc) is 3.95. The van der Waals surface area contributed by atoms with Crippen LogP contribution in [0.25, 0.3) is 12.2 Å². The van der Waals surface area contributed by atoms with Crippen molar-refractivity contribution >= 4 is 58.3 Å². The monoisotopic (exact) mass is 999 g/mol. The minimum atomic E-state index is -1.19. The smallest absolute Gasteiger partial charge is 0.307 e. The molecule has 2 aliphatic rings. The Labute approximate surface area is 425 Å². The van der Waals surface area contributed by atoms with Crippen LogP contribution in [0.3, 0.4) is 0 Å². The van der Waals surface area contributed by atoms with Gasteiger partial charge in [0.1, 0.15) is 28.8 Å². The lowest BCUT2D eigenvalue weighted by molar-refractivity contribution is -0.151. The maximum atomic E-state index is 14.5. The number of esters is 2. The van der Waals surface area contributed by atoms with Crippen molar-refractivity contribution in [1.82, 2.24) is 9.97 Å². The van der Waals surface area contributed by atoms with E-state index in [1.807, 2.05) is 64.5 Å². The van der Waals surface area contributed by atoms with E-state index >= 15 is 0 Å². The van der Waals surface area contributed by atoms with Crippen molar-refractivity contribution in [3.05, 3.63) is 66.6 Å². The summed E-state index contributed by atoms with van der Waals surface area (Å²) >= 11 is 2.97. The van der Waals surface area contributed by atoms with Crippen molar-refractivity contribution in [2.45, 2.75) is 185 Å². The van der Waals surface area contributed by atoms with Crippen molar-refractivity contribution in [3.8, 4) is 12.1 Å². The lowest BCUT2D eigenvalue weighted by Gasteiger charge is -2.36. The molecule has 70 heavy (non-hydrogen) atoms. The predicted octanol–water partition coefficient (Wildman–Crippen LogP) is 12.3. The lowest BCUT2D eigenvalue weighted by atomic mass is 9.69. The van der Waals surface area contributed by atoms with Gasteiger partial charge in [0.2, 0.25) is 0 Å². The summed E-state index contributed by atoms with van der Waals surface area (Å²) in [6.45, 7) is 24.4. The third kappa shape index (κ3) is 16.0. The Morgan fingerprint density at radius 3 is 1.67 bits per heavy atom. The molecule has 0 amide bonds. The summed E-state index contributed by atoms with van der Waals surface area (Å²) in [7, 11) is 0. The van der Waals surface area contributed by atoms with Crippen LogP contribution in [0.5, 0.6) is 0 Å². The molecule has 0 aliphatic carbocycles. The van der Waals surface area contributed by atoms with E-state index in [4.69, 9.17) is 19.2 Å². The first kappa shape index (κ1) is 58.0. The van der Waals surface area contributed by atoms with Crippen LogP contribution in [0.15, 0.2) is 45.2 Å². The van der Waals surface area contributed by atoms with Gasteiger partial charge in [-0.15, -0.1) is 22.7 Å². The highest BCUT2D eigenvalue weighted by molar-refractivity contribution is 7.10. The highest BCUT2D eigenvalue weighted by atomic mass is 32.1. The first-order valence-corrected chi connectivity index (χ1v) is 26.8. The van der Waals surface area contributed by atoms with E-state index in [2.05, 4.69) is 43.1 Å². The van der Waals surface area contributed by atoms with E-state index in [0.717, 1.165) is 65.9 Å². The summed E-state index contributed by atoms with van der Waals surface area (Å²) in [6, 6.07) is 4.45. The van der Waals surface area contributed by atoms with Gasteiger partial charge in [-0.3, -0.25) is 19.2 Å². The number of cyclic esters (lactones) is 2. The van der Waals surface area contributed by atoms with Crippen molar-refractivity contribution in [2.24, 2.45) is 46.3 Å². The van der Waals surface area contributed by atoms with Gasteiger partial charge in [-0.1, -0.05) is 78.7 Å². The van der Waals surface area contributed by atoms with Crippen LogP contribution in [0.2, 0.25) is 0 Å². The van der Waals surface area contributed by atoms with Crippen molar-refractivity contribution in [3.63, 3.8) is 0 Å². The molecule has 382 valence electrons. The van der Waals surface area contributed by atoms with E-state index < -0.39 is 70.9 Å². The van der Waals surface area contributed by atoms with Crippen LogP contribution in [0, 0.1) is 75.9 Å². The second-order valence-corrected chi connectivity index (χ2v) is 23.3. The number of hydrogen-bond donors (Lipinski definition) is 1. The molecule has 0 fully saturated rings. The third-order valence-electron chi connectivity index (χ3n) is 14.8. The molecule has 0 aromatic carbocycles. The number of hydrogen-bond acceptors (Lipinski definition) is 14. The lowest BCUT2D eigenvalue weighted by Crippen LogP contribution is -2.44. The van der Waals surface area contributed by atoms with Gasteiger partial charge < -0.3 is 19.3 Å². The number of aryl methyl sites for hydroxylation is 1. The molecule has 14 heteroatoms. The zero-order valence-corrected chi connectivity index (χ0v) is 45.6. The normalized spacial score (nSPS) is 31.5. The molecule has 0 spiro atoms. The molecule has 2 aromatic rings. The molecule has 4 heterocycles. The Bertz CT molecular complexity index is 2360. The number of carbonyl (C=O) groups is 4. The van der Waals surface area contributed by atoms with Crippen molar-refractivity contribution in [1.29, 1.82) is 10.5 Å². The van der Waals surface area contributed by atoms with Gasteiger partial charge >= 0.3 is 11.9 Å². The number of ether oxygens (including phenoxy) is 3. The van der Waals surface area contributed by atoms with Gasteiger partial charge in [-0.25, -0.2) is 9.97 Å². The molecule has 12 nitrogen and oxygen atoms in total. The first-order valence-electron chi connectivity index (χ1n) is 25.0. The molecule has 0 saturated carbocycles. The highest BCUT2D eigenvalue weighted by Crippen LogP contribution is 2.39. The first-order chi connectivity index (χ1) is 32.9. The number of rotatable bonds is 7. The van der Waals surface area contributed by atoms with Gasteiger partial charge in [0.15, 0.2) is 0 Å². The van der Waals surface area contributed by atoms with Crippen molar-refractivity contribution in [2.75, 3.05) is 0 Å². The Morgan fingerprint density at radius 2 is 1.20 bits per heavy atom. The number of Topliss-reactive ketones (excluding diaryl/α,β-unsaturated/α-hetero) is 2. The quantitative estimate of drug-likeness (QED) is 0.204. The van der Waals surface area contributed by atoms with E-state index in [-0.39, 0.29) is 42.9 Å². The topological polar surface area (TPSA) is 190 Å². The minimum Gasteiger partial charge on any atom is -0.457 e. The third-order valence-corrected chi connectivity index (χ3v) is 16.4. The molecule has 0 saturated heterocycles. The fourth-order valence-electron chi connectivity index (χ4n) is 9.73. The van der Waals surface area contributed by atoms with Crippen LogP contribution < -0.4 is 0 Å². The van der Waals surface area contributed by atoms with Crippen LogP contribution >= 0.6 is 22.7 Å². The summed E-state index contributed by atoms with van der Waals surface area (Å²) in [5, 5.41) is 37.2. The van der Waals surface area contributed by atoms with Gasteiger partial charge in [0.05, 0.1) is 72.0 Å². The SMILES string of the molecule is C/C1=C/CC(/C(C)=C/c2csc(CO[C@H]3C(C)CCC/C(C)=C\CC(/C(C)=C/c4csc(C)n4)OC(=O)C[C@@H](C#N)C(C)(C)C(=O)C3C)n2)OC(=O)C[C@H](C#N)C(C)(C)C(=O)C(C)[C@@H](O)C(C)CCC1. The van der Waals surface area contributed by atoms with E-state index in [1.54, 1.807) is 46.0 Å². The van der Waals surface area contributed by atoms with E-state index in [1.165, 1.54) is 16.9 Å². The summed E-state index contributed by atoms with van der Waals surface area (Å²) in [6.07, 6.45) is 10.6. The fraction of sp³-hybridized carbons (Fsp3) is 0.643. The number of nitriles is 2. The molecule has 0 bridgehead atoms. The summed E-state index contributed by atoms with van der Waals surface area (Å²) in [5.41, 5.74) is 2.97. The molecule has 0 radical (unpaired) electrons. The standard InChI is InChI=1S/C56H78N4O8S2/c1-33-16-14-18-35(3)51(63)39(7)53(64)55(10,11)42(28-57)26-49(61)68-47(23-20-33)38(6)25-45-32-70-48(60-45)30-66-52-36(4)19-15-17-34(2)21-22-46(37(5)24-44-31-69-41(9)59-44)67-50(62)27-43(29-58)56(12,13)54(65)40(52)8/h20-21,24-25,31-32,35-36,39-40,42-43,46-47,51-52,63H,14-19,22-23,26-27,30H2,1-13H3/b33-20-,34-21-,37-24+,38-25+/t35?,36?,39?,40?,42-,43+,46?,47?,51+,52+/m1/s1. The molecular weight excluding hydrogens is 921 g/mol. The average molecular weight is 999 g/mol. The Morgan fingerprint density at radius 1 is 0.743 bits per heavy atom. The van der Waals surface area contributed by atoms with Gasteiger partial charge in [0, 0.05) is 46.3 Å².